The molecular weight excluding hydrogens is 419 g/mol. The van der Waals surface area contributed by atoms with Crippen LogP contribution in [0.2, 0.25) is 0 Å². The van der Waals surface area contributed by atoms with E-state index in [4.69, 9.17) is 5.73 Å². The van der Waals surface area contributed by atoms with E-state index in [-0.39, 0.29) is 24.0 Å². The largest absolute Gasteiger partial charge is 0.370 e. The maximum Gasteiger partial charge on any atom is 0.193 e. The summed E-state index contributed by atoms with van der Waals surface area (Å²) < 4.78 is 0. The molecule has 4 nitrogen and oxygen atoms in total. The van der Waals surface area contributed by atoms with Gasteiger partial charge in [0.1, 0.15) is 0 Å². The van der Waals surface area contributed by atoms with Gasteiger partial charge in [-0.3, -0.25) is 4.99 Å². The second-order valence-corrected chi connectivity index (χ2v) is 6.71. The lowest BCUT2D eigenvalue weighted by atomic mass is 9.90. The van der Waals surface area contributed by atoms with E-state index in [1.807, 2.05) is 6.92 Å². The molecule has 0 bridgehead atoms. The van der Waals surface area contributed by atoms with E-state index in [9.17, 15) is 0 Å². The van der Waals surface area contributed by atoms with Crippen molar-refractivity contribution in [2.45, 2.75) is 39.0 Å². The first-order valence-electron chi connectivity index (χ1n) is 7.81. The fraction of sp³-hybridized carbons (Fsp3) is 0.412. The van der Waals surface area contributed by atoms with Crippen LogP contribution in [0.3, 0.4) is 0 Å². The lowest BCUT2D eigenvalue weighted by Crippen LogP contribution is -2.24. The van der Waals surface area contributed by atoms with Gasteiger partial charge >= 0.3 is 0 Å². The highest BCUT2D eigenvalue weighted by molar-refractivity contribution is 14.0. The summed E-state index contributed by atoms with van der Waals surface area (Å²) in [7, 11) is 0. The Hall–Kier alpha value is -1.15. The monoisotopic (exact) mass is 442 g/mol. The molecule has 1 aromatic carbocycles. The van der Waals surface area contributed by atoms with Crippen molar-refractivity contribution in [3.63, 3.8) is 0 Å². The van der Waals surface area contributed by atoms with Crippen LogP contribution in [-0.4, -0.2) is 17.5 Å². The van der Waals surface area contributed by atoms with Gasteiger partial charge in [-0.2, -0.15) is 0 Å². The highest BCUT2D eigenvalue weighted by Gasteiger charge is 2.13. The Balaban J connectivity index is 0.00000192. The first kappa shape index (κ1) is 18.2. The molecule has 0 fully saturated rings. The summed E-state index contributed by atoms with van der Waals surface area (Å²) in [5, 5.41) is 6.45. The minimum atomic E-state index is 0. The Kier molecular flexibility index (Phi) is 6.83. The van der Waals surface area contributed by atoms with Crippen LogP contribution in [-0.2, 0) is 19.3 Å². The molecule has 0 radical (unpaired) electrons. The van der Waals surface area contributed by atoms with Gasteiger partial charge in [-0.05, 0) is 49.8 Å². The Morgan fingerprint density at radius 3 is 2.96 bits per heavy atom. The molecule has 1 aromatic heterocycles. The van der Waals surface area contributed by atoms with E-state index < -0.39 is 0 Å². The van der Waals surface area contributed by atoms with Crippen molar-refractivity contribution in [1.82, 2.24) is 4.98 Å². The van der Waals surface area contributed by atoms with Crippen molar-refractivity contribution >= 4 is 47.0 Å². The summed E-state index contributed by atoms with van der Waals surface area (Å²) in [6, 6.07) is 6.41. The van der Waals surface area contributed by atoms with Crippen LogP contribution in [0.1, 0.15) is 34.7 Å². The molecule has 0 spiro atoms. The van der Waals surface area contributed by atoms with E-state index in [0.29, 0.717) is 12.5 Å². The van der Waals surface area contributed by atoms with Crippen LogP contribution in [0, 0.1) is 6.92 Å². The molecule has 0 saturated heterocycles. The van der Waals surface area contributed by atoms with Crippen molar-refractivity contribution in [2.24, 2.45) is 10.7 Å². The van der Waals surface area contributed by atoms with Crippen LogP contribution in [0.4, 0.5) is 5.69 Å². The molecule has 6 heteroatoms. The third-order valence-corrected chi connectivity index (χ3v) is 4.80. The van der Waals surface area contributed by atoms with Gasteiger partial charge in [-0.15, -0.1) is 35.3 Å². The van der Waals surface area contributed by atoms with E-state index in [1.54, 1.807) is 11.3 Å². The number of nitrogens with one attached hydrogen (secondary N) is 1. The Labute approximate surface area is 158 Å². The molecule has 0 unspecified atom stereocenters. The molecule has 0 atom stereocenters. The number of aryl methyl sites for hydroxylation is 2. The fourth-order valence-electron chi connectivity index (χ4n) is 2.89. The maximum absolute atomic E-state index is 6.03. The predicted octanol–water partition coefficient (Wildman–Crippen LogP) is 3.92. The number of halogens is 1. The standard InChI is InChI=1S/C17H22N4S.HI/c1-12-20-14(11-22-12)9-10-19-17(18)21-16-8-4-6-13-5-2-3-7-15(13)16;/h4,6,8,11H,2-3,5,7,9-10H2,1H3,(H3,18,19,21);1H. The van der Waals surface area contributed by atoms with Crippen molar-refractivity contribution in [3.05, 3.63) is 45.4 Å². The van der Waals surface area contributed by atoms with Gasteiger partial charge in [-0.1, -0.05) is 12.1 Å². The number of aliphatic imine (C=N–C) groups is 1. The molecule has 0 aliphatic heterocycles. The normalized spacial score (nSPS) is 14.0. The average molecular weight is 442 g/mol. The zero-order valence-electron chi connectivity index (χ0n) is 13.3. The lowest BCUT2D eigenvalue weighted by molar-refractivity contribution is 0.687. The summed E-state index contributed by atoms with van der Waals surface area (Å²) in [5.41, 5.74) is 11.1. The number of thiazole rings is 1. The van der Waals surface area contributed by atoms with Crippen LogP contribution in [0.25, 0.3) is 0 Å². The number of hydrogen-bond donors (Lipinski definition) is 2. The van der Waals surface area contributed by atoms with Crippen molar-refractivity contribution in [3.8, 4) is 0 Å². The Bertz CT molecular complexity index is 681. The van der Waals surface area contributed by atoms with E-state index in [2.05, 4.69) is 38.9 Å². The van der Waals surface area contributed by atoms with Gasteiger partial charge in [0.05, 0.1) is 10.7 Å². The second-order valence-electron chi connectivity index (χ2n) is 5.65. The summed E-state index contributed by atoms with van der Waals surface area (Å²) in [6.07, 6.45) is 5.67. The zero-order valence-corrected chi connectivity index (χ0v) is 16.5. The first-order valence-corrected chi connectivity index (χ1v) is 8.69. The van der Waals surface area contributed by atoms with E-state index >= 15 is 0 Å². The molecule has 1 heterocycles. The number of guanidine groups is 1. The summed E-state index contributed by atoms with van der Waals surface area (Å²) in [5.74, 6) is 0.492. The molecule has 0 saturated carbocycles. The molecule has 3 N–H and O–H groups in total. The average Bonchev–Trinajstić information content (AvgIpc) is 2.93. The third kappa shape index (κ3) is 4.91. The highest BCUT2D eigenvalue weighted by atomic mass is 127. The van der Waals surface area contributed by atoms with Gasteiger partial charge in [0.15, 0.2) is 5.96 Å². The van der Waals surface area contributed by atoms with Crippen molar-refractivity contribution in [1.29, 1.82) is 0 Å². The van der Waals surface area contributed by atoms with Crippen LogP contribution >= 0.6 is 35.3 Å². The molecule has 3 rings (SSSR count). The number of fused-ring (bicyclic) bond motifs is 1. The SMILES string of the molecule is Cc1nc(CCN=C(N)Nc2cccc3c2CCCC3)cs1.I. The van der Waals surface area contributed by atoms with Gasteiger partial charge < -0.3 is 11.1 Å². The second kappa shape index (κ2) is 8.63. The molecule has 0 amide bonds. The lowest BCUT2D eigenvalue weighted by Gasteiger charge is -2.19. The number of nitrogens with two attached hydrogens (primary N) is 1. The molecule has 1 aliphatic carbocycles. The first-order chi connectivity index (χ1) is 10.7. The van der Waals surface area contributed by atoms with Crippen LogP contribution < -0.4 is 11.1 Å². The van der Waals surface area contributed by atoms with Crippen LogP contribution in [0.15, 0.2) is 28.6 Å². The van der Waals surface area contributed by atoms with E-state index in [0.717, 1.165) is 29.2 Å². The number of aromatic nitrogens is 1. The third-order valence-electron chi connectivity index (χ3n) is 3.98. The number of hydrogen-bond acceptors (Lipinski definition) is 3. The minimum absolute atomic E-state index is 0. The quantitative estimate of drug-likeness (QED) is 0.429. The highest BCUT2D eigenvalue weighted by Crippen LogP contribution is 2.27. The topological polar surface area (TPSA) is 63.3 Å². The molecule has 124 valence electrons. The molecule has 1 aliphatic rings. The zero-order chi connectivity index (χ0) is 15.4. The molecular formula is C17H23IN4S. The number of rotatable bonds is 4. The molecule has 2 aromatic rings. The number of nitrogens with zero attached hydrogens (tertiary/aromatic N) is 2. The Morgan fingerprint density at radius 2 is 2.17 bits per heavy atom. The molecule has 23 heavy (non-hydrogen) atoms. The van der Waals surface area contributed by atoms with Gasteiger partial charge in [0.25, 0.3) is 0 Å². The Morgan fingerprint density at radius 1 is 1.35 bits per heavy atom. The van der Waals surface area contributed by atoms with Gasteiger partial charge in [0, 0.05) is 24.0 Å². The summed E-state index contributed by atoms with van der Waals surface area (Å²) >= 11 is 1.67. The summed E-state index contributed by atoms with van der Waals surface area (Å²) in [6.45, 7) is 2.68. The van der Waals surface area contributed by atoms with Crippen LogP contribution in [0.5, 0.6) is 0 Å². The number of benzene rings is 1. The predicted molar refractivity (Wildman–Crippen MR) is 109 cm³/mol. The van der Waals surface area contributed by atoms with E-state index in [1.165, 1.54) is 30.4 Å². The number of anilines is 1. The summed E-state index contributed by atoms with van der Waals surface area (Å²) in [4.78, 5) is 8.86. The van der Waals surface area contributed by atoms with Gasteiger partial charge in [-0.25, -0.2) is 4.98 Å². The van der Waals surface area contributed by atoms with Crippen molar-refractivity contribution in [2.75, 3.05) is 11.9 Å². The van der Waals surface area contributed by atoms with Gasteiger partial charge in [0.2, 0.25) is 0 Å². The minimum Gasteiger partial charge on any atom is -0.370 e. The van der Waals surface area contributed by atoms with Crippen molar-refractivity contribution < 1.29 is 0 Å². The smallest absolute Gasteiger partial charge is 0.193 e. The fourth-order valence-corrected chi connectivity index (χ4v) is 3.54. The maximum atomic E-state index is 6.03.